The first kappa shape index (κ1) is 19.7. The highest BCUT2D eigenvalue weighted by atomic mass is 16.7. The van der Waals surface area contributed by atoms with E-state index in [1.165, 1.54) is 11.1 Å². The highest BCUT2D eigenvalue weighted by molar-refractivity contribution is 5.94. The predicted octanol–water partition coefficient (Wildman–Crippen LogP) is 3.54. The lowest BCUT2D eigenvalue weighted by Gasteiger charge is -2.25. The molecule has 1 aliphatic heterocycles. The van der Waals surface area contributed by atoms with E-state index in [4.69, 9.17) is 9.47 Å². The van der Waals surface area contributed by atoms with Gasteiger partial charge in [-0.25, -0.2) is 0 Å². The zero-order valence-electron chi connectivity index (χ0n) is 16.5. The van der Waals surface area contributed by atoms with Gasteiger partial charge in [-0.15, -0.1) is 0 Å². The predicted molar refractivity (Wildman–Crippen MR) is 108 cm³/mol. The van der Waals surface area contributed by atoms with Gasteiger partial charge in [-0.3, -0.25) is 9.59 Å². The zero-order valence-corrected chi connectivity index (χ0v) is 16.5. The Balaban J connectivity index is 1.43. The van der Waals surface area contributed by atoms with Crippen LogP contribution in [0.1, 0.15) is 37.8 Å². The molecule has 3 rings (SSSR count). The summed E-state index contributed by atoms with van der Waals surface area (Å²) in [6.45, 7) is 6.41. The second-order valence-electron chi connectivity index (χ2n) is 7.64. The first-order chi connectivity index (χ1) is 13.3. The normalized spacial score (nSPS) is 12.5. The van der Waals surface area contributed by atoms with Crippen molar-refractivity contribution in [1.29, 1.82) is 0 Å². The summed E-state index contributed by atoms with van der Waals surface area (Å²) >= 11 is 0. The number of nitrogens with one attached hydrogen (secondary N) is 2. The SMILES string of the molecule is Cc1ccc(C(C)(C)CCC(=O)NCC(=O)Nc2ccc3c(c2)OCO3)cc1. The van der Waals surface area contributed by atoms with Gasteiger partial charge >= 0.3 is 0 Å². The van der Waals surface area contributed by atoms with Crippen molar-refractivity contribution < 1.29 is 19.1 Å². The summed E-state index contributed by atoms with van der Waals surface area (Å²) in [6, 6.07) is 13.5. The Kier molecular flexibility index (Phi) is 5.87. The average molecular weight is 382 g/mol. The number of amides is 2. The van der Waals surface area contributed by atoms with E-state index in [9.17, 15) is 9.59 Å². The van der Waals surface area contributed by atoms with Crippen molar-refractivity contribution in [1.82, 2.24) is 5.32 Å². The van der Waals surface area contributed by atoms with Crippen LogP contribution in [0, 0.1) is 6.92 Å². The number of carbonyl (C=O) groups excluding carboxylic acids is 2. The maximum atomic E-state index is 12.2. The second kappa shape index (κ2) is 8.33. The van der Waals surface area contributed by atoms with Gasteiger partial charge in [-0.2, -0.15) is 0 Å². The molecular weight excluding hydrogens is 356 g/mol. The van der Waals surface area contributed by atoms with Gasteiger partial charge in [-0.05, 0) is 36.5 Å². The molecule has 0 radical (unpaired) electrons. The fourth-order valence-electron chi connectivity index (χ4n) is 3.02. The Morgan fingerprint density at radius 2 is 1.71 bits per heavy atom. The summed E-state index contributed by atoms with van der Waals surface area (Å²) in [6.07, 6.45) is 1.06. The van der Waals surface area contributed by atoms with Gasteiger partial charge in [0.15, 0.2) is 11.5 Å². The molecule has 0 fully saturated rings. The highest BCUT2D eigenvalue weighted by Crippen LogP contribution is 2.34. The summed E-state index contributed by atoms with van der Waals surface area (Å²) in [7, 11) is 0. The minimum absolute atomic E-state index is 0.0712. The minimum Gasteiger partial charge on any atom is -0.454 e. The molecule has 0 atom stereocenters. The molecule has 0 aromatic heterocycles. The Hall–Kier alpha value is -3.02. The smallest absolute Gasteiger partial charge is 0.243 e. The Bertz CT molecular complexity index is 859. The van der Waals surface area contributed by atoms with E-state index < -0.39 is 0 Å². The lowest BCUT2D eigenvalue weighted by Crippen LogP contribution is -2.33. The van der Waals surface area contributed by atoms with Crippen LogP contribution >= 0.6 is 0 Å². The largest absolute Gasteiger partial charge is 0.454 e. The number of aryl methyl sites for hydroxylation is 1. The molecule has 1 aliphatic rings. The molecule has 0 bridgehead atoms. The summed E-state index contributed by atoms with van der Waals surface area (Å²) in [5.74, 6) is 0.827. The molecule has 1 heterocycles. The van der Waals surface area contributed by atoms with E-state index in [2.05, 4.69) is 55.7 Å². The number of hydrogen-bond acceptors (Lipinski definition) is 4. The van der Waals surface area contributed by atoms with Crippen molar-refractivity contribution >= 4 is 17.5 Å². The third-order valence-corrected chi connectivity index (χ3v) is 4.91. The molecular formula is C22H26N2O4. The molecule has 0 unspecified atom stereocenters. The first-order valence-electron chi connectivity index (χ1n) is 9.37. The van der Waals surface area contributed by atoms with E-state index in [0.29, 0.717) is 30.0 Å². The van der Waals surface area contributed by atoms with Crippen molar-refractivity contribution in [3.63, 3.8) is 0 Å². The third kappa shape index (κ3) is 5.03. The van der Waals surface area contributed by atoms with Gasteiger partial charge in [0.25, 0.3) is 0 Å². The van der Waals surface area contributed by atoms with Crippen LogP contribution in [-0.4, -0.2) is 25.2 Å². The van der Waals surface area contributed by atoms with Crippen molar-refractivity contribution in [2.75, 3.05) is 18.7 Å². The molecule has 148 valence electrons. The first-order valence-corrected chi connectivity index (χ1v) is 9.37. The van der Waals surface area contributed by atoms with Gasteiger partial charge in [0.05, 0.1) is 6.54 Å². The fraction of sp³-hybridized carbons (Fsp3) is 0.364. The van der Waals surface area contributed by atoms with Crippen LogP contribution in [0.2, 0.25) is 0 Å². The lowest BCUT2D eigenvalue weighted by molar-refractivity contribution is -0.124. The van der Waals surface area contributed by atoms with Crippen LogP contribution in [0.25, 0.3) is 0 Å². The summed E-state index contributed by atoms with van der Waals surface area (Å²) in [4.78, 5) is 24.2. The van der Waals surface area contributed by atoms with E-state index >= 15 is 0 Å². The standard InChI is InChI=1S/C22H26N2O4/c1-15-4-6-16(7-5-15)22(2,3)11-10-20(25)23-13-21(26)24-17-8-9-18-19(12-17)28-14-27-18/h4-9,12H,10-11,13-14H2,1-3H3,(H,23,25)(H,24,26). The van der Waals surface area contributed by atoms with Crippen LogP contribution in [0.3, 0.4) is 0 Å². The van der Waals surface area contributed by atoms with Crippen LogP contribution in [0.5, 0.6) is 11.5 Å². The molecule has 6 heteroatoms. The summed E-state index contributed by atoms with van der Waals surface area (Å²) in [5, 5.41) is 5.42. The molecule has 28 heavy (non-hydrogen) atoms. The van der Waals surface area contributed by atoms with Gasteiger partial charge in [-0.1, -0.05) is 43.7 Å². The van der Waals surface area contributed by atoms with E-state index in [0.717, 1.165) is 0 Å². The quantitative estimate of drug-likeness (QED) is 0.768. The lowest BCUT2D eigenvalue weighted by atomic mass is 9.80. The molecule has 0 aliphatic carbocycles. The van der Waals surface area contributed by atoms with E-state index in [1.807, 2.05) is 0 Å². The van der Waals surface area contributed by atoms with E-state index in [-0.39, 0.29) is 30.6 Å². The van der Waals surface area contributed by atoms with Crippen molar-refractivity contribution in [3.05, 3.63) is 53.6 Å². The molecule has 0 saturated carbocycles. The van der Waals surface area contributed by atoms with Gasteiger partial charge in [0.1, 0.15) is 0 Å². The molecule has 2 N–H and O–H groups in total. The average Bonchev–Trinajstić information content (AvgIpc) is 3.13. The molecule has 2 aromatic carbocycles. The Morgan fingerprint density at radius 1 is 1.00 bits per heavy atom. The maximum absolute atomic E-state index is 12.2. The fourth-order valence-corrected chi connectivity index (χ4v) is 3.02. The number of fused-ring (bicyclic) bond motifs is 1. The summed E-state index contributed by atoms with van der Waals surface area (Å²) in [5.41, 5.74) is 2.90. The van der Waals surface area contributed by atoms with Crippen LogP contribution in [0.4, 0.5) is 5.69 Å². The van der Waals surface area contributed by atoms with Crippen LogP contribution < -0.4 is 20.1 Å². The van der Waals surface area contributed by atoms with Crippen LogP contribution in [-0.2, 0) is 15.0 Å². The number of benzene rings is 2. The van der Waals surface area contributed by atoms with Crippen molar-refractivity contribution in [3.8, 4) is 11.5 Å². The number of carbonyl (C=O) groups is 2. The van der Waals surface area contributed by atoms with Crippen molar-refractivity contribution in [2.45, 2.75) is 39.0 Å². The van der Waals surface area contributed by atoms with Gasteiger partial charge in [0.2, 0.25) is 18.6 Å². The zero-order chi connectivity index (χ0) is 20.1. The molecule has 2 aromatic rings. The maximum Gasteiger partial charge on any atom is 0.243 e. The van der Waals surface area contributed by atoms with Crippen molar-refractivity contribution in [2.24, 2.45) is 0 Å². The Morgan fingerprint density at radius 3 is 2.46 bits per heavy atom. The Labute approximate surface area is 165 Å². The minimum atomic E-state index is -0.287. The molecule has 0 spiro atoms. The topological polar surface area (TPSA) is 76.7 Å². The number of ether oxygens (including phenoxy) is 2. The third-order valence-electron chi connectivity index (χ3n) is 4.91. The molecule has 2 amide bonds. The summed E-state index contributed by atoms with van der Waals surface area (Å²) < 4.78 is 10.5. The van der Waals surface area contributed by atoms with E-state index in [1.54, 1.807) is 18.2 Å². The van der Waals surface area contributed by atoms with Crippen LogP contribution in [0.15, 0.2) is 42.5 Å². The van der Waals surface area contributed by atoms with Gasteiger partial charge in [0, 0.05) is 18.2 Å². The van der Waals surface area contributed by atoms with Gasteiger partial charge < -0.3 is 20.1 Å². The number of hydrogen-bond donors (Lipinski definition) is 2. The number of anilines is 1. The monoisotopic (exact) mass is 382 g/mol. The molecule has 0 saturated heterocycles. The highest BCUT2D eigenvalue weighted by Gasteiger charge is 2.22. The number of rotatable bonds is 7. The second-order valence-corrected chi connectivity index (χ2v) is 7.64. The molecule has 6 nitrogen and oxygen atoms in total.